The third-order valence-corrected chi connectivity index (χ3v) is 10.5. The van der Waals surface area contributed by atoms with Crippen LogP contribution in [-0.4, -0.2) is 16.1 Å². The van der Waals surface area contributed by atoms with Crippen LogP contribution < -0.4 is 10.4 Å². The molecule has 0 aliphatic heterocycles. The topological polar surface area (TPSA) is 0 Å². The first kappa shape index (κ1) is 27.4. The van der Waals surface area contributed by atoms with Crippen LogP contribution in [0, 0.1) is 20.5 Å². The summed E-state index contributed by atoms with van der Waals surface area (Å²) in [5.74, 6) is 6.78. The Morgan fingerprint density at radius 1 is 0.545 bits per heavy atom. The molecule has 0 bridgehead atoms. The van der Waals surface area contributed by atoms with Crippen molar-refractivity contribution >= 4 is 26.5 Å². The summed E-state index contributed by atoms with van der Waals surface area (Å²) in [4.78, 5) is 0. The van der Waals surface area contributed by atoms with E-state index >= 15 is 0 Å². The van der Waals surface area contributed by atoms with Crippen LogP contribution in [0.25, 0.3) is 0 Å². The Labute approximate surface area is 213 Å². The van der Waals surface area contributed by atoms with Crippen molar-refractivity contribution < 1.29 is 18.6 Å². The Hall–Kier alpha value is -1.84. The molecular weight excluding hydrogens is 612 g/mol. The van der Waals surface area contributed by atoms with E-state index in [1.54, 1.807) is 0 Å². The van der Waals surface area contributed by atoms with E-state index in [0.717, 1.165) is 0 Å². The minimum absolute atomic E-state index is 0.428. The summed E-state index contributed by atoms with van der Waals surface area (Å²) in [6, 6.07) is 17.2. The third kappa shape index (κ3) is 10.3. The molecule has 2 aromatic carbocycles. The molecule has 0 spiro atoms. The van der Waals surface area contributed by atoms with Crippen LogP contribution in [0.4, 0.5) is 0 Å². The summed E-state index contributed by atoms with van der Waals surface area (Å²) >= 11 is -0.428. The fourth-order valence-electron chi connectivity index (χ4n) is 3.49. The van der Waals surface area contributed by atoms with Crippen LogP contribution in [0.5, 0.6) is 0 Å². The zero-order chi connectivity index (χ0) is 24.2. The molecule has 3 rings (SSSR count). The van der Waals surface area contributed by atoms with E-state index in [0.29, 0.717) is 0 Å². The van der Waals surface area contributed by atoms with Gasteiger partial charge in [0.15, 0.2) is 0 Å². The summed E-state index contributed by atoms with van der Waals surface area (Å²) in [5.41, 5.74) is 2.40. The number of allylic oxidation sites excluding steroid dienone is 4. The summed E-state index contributed by atoms with van der Waals surface area (Å²) in [5, 5.41) is 2.90. The molecule has 0 atom stereocenters. The molecule has 0 unspecified atom stereocenters. The zero-order valence-corrected chi connectivity index (χ0v) is 25.3. The molecule has 0 saturated carbocycles. The van der Waals surface area contributed by atoms with Gasteiger partial charge in [-0.05, 0) is 25.7 Å². The van der Waals surface area contributed by atoms with Gasteiger partial charge >= 0.3 is 164 Å². The molecular formula is C30H38PtSi2. The second kappa shape index (κ2) is 13.8. The van der Waals surface area contributed by atoms with Crippen LogP contribution in [-0.2, 0) is 18.6 Å². The molecule has 0 nitrogen and oxygen atoms in total. The molecule has 0 aromatic heterocycles. The first-order valence-electron chi connectivity index (χ1n) is 11.8. The zero-order valence-electron chi connectivity index (χ0n) is 21.1. The molecule has 33 heavy (non-hydrogen) atoms. The summed E-state index contributed by atoms with van der Waals surface area (Å²) < 4.78 is 6.73. The van der Waals surface area contributed by atoms with E-state index in [2.05, 4.69) is 133 Å². The molecule has 3 heteroatoms. The van der Waals surface area contributed by atoms with Gasteiger partial charge in [0.25, 0.3) is 0 Å². The summed E-state index contributed by atoms with van der Waals surface area (Å²) in [6.45, 7) is 14.2. The van der Waals surface area contributed by atoms with E-state index in [1.807, 2.05) is 0 Å². The Morgan fingerprint density at radius 2 is 0.879 bits per heavy atom. The molecule has 0 heterocycles. The van der Waals surface area contributed by atoms with Gasteiger partial charge < -0.3 is 0 Å². The molecule has 1 aliphatic carbocycles. The minimum atomic E-state index is -1.35. The molecule has 0 fully saturated rings. The molecule has 0 amide bonds. The van der Waals surface area contributed by atoms with Crippen LogP contribution in [0.3, 0.4) is 0 Å². The van der Waals surface area contributed by atoms with Gasteiger partial charge in [-0.25, -0.2) is 0 Å². The van der Waals surface area contributed by atoms with E-state index in [-0.39, 0.29) is 0 Å². The van der Waals surface area contributed by atoms with Crippen molar-refractivity contribution in [2.75, 3.05) is 0 Å². The molecule has 2 aromatic rings. The number of hydrogen-bond donors (Lipinski definition) is 0. The monoisotopic (exact) mass is 649 g/mol. The van der Waals surface area contributed by atoms with Crippen molar-refractivity contribution in [3.8, 4) is 20.5 Å². The van der Waals surface area contributed by atoms with Crippen molar-refractivity contribution in [2.24, 2.45) is 0 Å². The standard InChI is InChI=1S/2C11H13Si.C8H12.Pt/c2*1-5-10-8-6-7-9-11(10)12(2,3)4;1-2-4-6-8-7-5-3-1;/h2*6-9H,2-4H3;1-2,7-8H,3-6H2;/b;;2-1-,8-7-;. The van der Waals surface area contributed by atoms with Gasteiger partial charge in [-0.3, -0.25) is 0 Å². The molecule has 0 radical (unpaired) electrons. The molecule has 0 N–H and O–H groups in total. The SMILES string of the molecule is C1=C\CC/C=C\CC/1.C[Si](C)(C)c1ccccc1C#[C][Pt][C]#Cc1ccccc1[Si](C)(C)C. The maximum atomic E-state index is 3.39. The Morgan fingerprint density at radius 3 is 1.21 bits per heavy atom. The fourth-order valence-corrected chi connectivity index (χ4v) is 7.63. The number of rotatable bonds is 2. The Balaban J connectivity index is 0.000000405. The molecule has 1 aliphatic rings. The average molecular weight is 650 g/mol. The Bertz CT molecular complexity index is 975. The molecule has 0 saturated heterocycles. The second-order valence-corrected chi connectivity index (χ2v) is 22.0. The second-order valence-electron chi connectivity index (χ2n) is 10.2. The number of benzene rings is 2. The predicted octanol–water partition coefficient (Wildman–Crippen LogP) is 6.85. The number of hydrogen-bond acceptors (Lipinski definition) is 0. The van der Waals surface area contributed by atoms with Crippen molar-refractivity contribution in [1.82, 2.24) is 0 Å². The van der Waals surface area contributed by atoms with Gasteiger partial charge in [-0.15, -0.1) is 0 Å². The van der Waals surface area contributed by atoms with Crippen molar-refractivity contribution in [3.05, 3.63) is 84.0 Å². The van der Waals surface area contributed by atoms with Crippen LogP contribution in [0.15, 0.2) is 72.8 Å². The van der Waals surface area contributed by atoms with E-state index in [9.17, 15) is 0 Å². The van der Waals surface area contributed by atoms with Gasteiger partial charge in [0.05, 0.1) is 0 Å². The van der Waals surface area contributed by atoms with Gasteiger partial charge in [0.2, 0.25) is 0 Å². The van der Waals surface area contributed by atoms with Gasteiger partial charge in [0.1, 0.15) is 0 Å². The van der Waals surface area contributed by atoms with E-state index in [4.69, 9.17) is 0 Å². The van der Waals surface area contributed by atoms with E-state index < -0.39 is 34.7 Å². The normalized spacial score (nSPS) is 15.3. The van der Waals surface area contributed by atoms with Crippen LogP contribution in [0.1, 0.15) is 36.8 Å². The van der Waals surface area contributed by atoms with E-state index in [1.165, 1.54) is 47.2 Å². The van der Waals surface area contributed by atoms with Crippen molar-refractivity contribution in [2.45, 2.75) is 65.0 Å². The predicted molar refractivity (Wildman–Crippen MR) is 149 cm³/mol. The first-order valence-corrected chi connectivity index (χ1v) is 21.0. The van der Waals surface area contributed by atoms with Gasteiger partial charge in [0, 0.05) is 0 Å². The summed E-state index contributed by atoms with van der Waals surface area (Å²) in [6.07, 6.45) is 14.0. The van der Waals surface area contributed by atoms with Gasteiger partial charge in [-0.2, -0.15) is 0 Å². The van der Waals surface area contributed by atoms with Crippen LogP contribution in [0.2, 0.25) is 39.3 Å². The fraction of sp³-hybridized carbons (Fsp3) is 0.333. The summed E-state index contributed by atoms with van der Waals surface area (Å²) in [7, 11) is -2.70. The quantitative estimate of drug-likeness (QED) is 0.190. The maximum absolute atomic E-state index is 3.39. The Kier molecular flexibility index (Phi) is 11.4. The first-order chi connectivity index (χ1) is 15.7. The van der Waals surface area contributed by atoms with Crippen molar-refractivity contribution in [1.29, 1.82) is 0 Å². The molecule has 176 valence electrons. The average Bonchev–Trinajstić information content (AvgIpc) is 2.73. The van der Waals surface area contributed by atoms with Crippen LogP contribution >= 0.6 is 0 Å². The van der Waals surface area contributed by atoms with Gasteiger partial charge in [-0.1, -0.05) is 24.3 Å². The third-order valence-electron chi connectivity index (χ3n) is 5.23. The van der Waals surface area contributed by atoms with Crippen molar-refractivity contribution in [3.63, 3.8) is 0 Å².